The van der Waals surface area contributed by atoms with Crippen LogP contribution in [0.25, 0.3) is 0 Å². The highest BCUT2D eigenvalue weighted by Crippen LogP contribution is 2.29. The topological polar surface area (TPSA) is 112 Å². The fourth-order valence-electron chi connectivity index (χ4n) is 3.27. The maximum absolute atomic E-state index is 13.0. The lowest BCUT2D eigenvalue weighted by Gasteiger charge is -2.14. The first kappa shape index (κ1) is 23.1. The molecule has 0 aliphatic rings. The quantitative estimate of drug-likeness (QED) is 0.537. The molecule has 170 valence electrons. The SMILES string of the molecule is COc1ccc(NS(=O)(=O)c2cc(NC(=O)Cc3c(C)nn(C)c3C)ccc2OC)cc1. The molecule has 0 unspecified atom stereocenters. The van der Waals surface area contributed by atoms with Gasteiger partial charge in [0.1, 0.15) is 16.4 Å². The molecule has 0 spiro atoms. The number of amides is 1. The molecule has 10 heteroatoms. The van der Waals surface area contributed by atoms with Gasteiger partial charge in [-0.2, -0.15) is 5.10 Å². The highest BCUT2D eigenvalue weighted by molar-refractivity contribution is 7.92. The van der Waals surface area contributed by atoms with Crippen LogP contribution < -0.4 is 19.5 Å². The summed E-state index contributed by atoms with van der Waals surface area (Å²) >= 11 is 0. The summed E-state index contributed by atoms with van der Waals surface area (Å²) in [6.45, 7) is 3.74. The molecular weight excluding hydrogens is 432 g/mol. The third kappa shape index (κ3) is 5.02. The predicted octanol–water partition coefficient (Wildman–Crippen LogP) is 3.04. The summed E-state index contributed by atoms with van der Waals surface area (Å²) in [6.07, 6.45) is 0.129. The number of methoxy groups -OCH3 is 2. The van der Waals surface area contributed by atoms with Crippen molar-refractivity contribution in [2.75, 3.05) is 24.3 Å². The van der Waals surface area contributed by atoms with Crippen LogP contribution in [0.2, 0.25) is 0 Å². The van der Waals surface area contributed by atoms with Crippen LogP contribution in [0.5, 0.6) is 11.5 Å². The molecule has 1 amide bonds. The van der Waals surface area contributed by atoms with Crippen LogP contribution in [0.3, 0.4) is 0 Å². The number of hydrogen-bond acceptors (Lipinski definition) is 6. The third-order valence-electron chi connectivity index (χ3n) is 5.08. The van der Waals surface area contributed by atoms with Crippen LogP contribution in [0.15, 0.2) is 47.4 Å². The first-order valence-electron chi connectivity index (χ1n) is 9.78. The van der Waals surface area contributed by atoms with Crippen LogP contribution in [0, 0.1) is 13.8 Å². The van der Waals surface area contributed by atoms with Gasteiger partial charge < -0.3 is 14.8 Å². The largest absolute Gasteiger partial charge is 0.497 e. The first-order valence-corrected chi connectivity index (χ1v) is 11.3. The number of anilines is 2. The normalized spacial score (nSPS) is 11.2. The Labute approximate surface area is 187 Å². The average molecular weight is 459 g/mol. The number of sulfonamides is 1. The van der Waals surface area contributed by atoms with E-state index in [4.69, 9.17) is 9.47 Å². The second kappa shape index (κ2) is 9.31. The van der Waals surface area contributed by atoms with E-state index < -0.39 is 10.0 Å². The Hall–Kier alpha value is -3.53. The van der Waals surface area contributed by atoms with Crippen molar-refractivity contribution in [2.24, 2.45) is 7.05 Å². The van der Waals surface area contributed by atoms with E-state index in [1.165, 1.54) is 26.4 Å². The monoisotopic (exact) mass is 458 g/mol. The lowest BCUT2D eigenvalue weighted by molar-refractivity contribution is -0.115. The zero-order chi connectivity index (χ0) is 23.5. The molecule has 1 aromatic heterocycles. The van der Waals surface area contributed by atoms with Crippen molar-refractivity contribution in [2.45, 2.75) is 25.2 Å². The average Bonchev–Trinajstić information content (AvgIpc) is 3.00. The number of aryl methyl sites for hydroxylation is 2. The van der Waals surface area contributed by atoms with Gasteiger partial charge in [-0.3, -0.25) is 14.2 Å². The number of nitrogens with zero attached hydrogens (tertiary/aromatic N) is 2. The fraction of sp³-hybridized carbons (Fsp3) is 0.273. The van der Waals surface area contributed by atoms with Gasteiger partial charge in [-0.25, -0.2) is 8.42 Å². The molecule has 0 atom stereocenters. The van der Waals surface area contributed by atoms with E-state index in [-0.39, 0.29) is 23.0 Å². The molecule has 0 saturated carbocycles. The van der Waals surface area contributed by atoms with Gasteiger partial charge in [-0.05, 0) is 56.3 Å². The fourth-order valence-corrected chi connectivity index (χ4v) is 4.53. The van der Waals surface area contributed by atoms with Crippen LogP contribution in [0.4, 0.5) is 11.4 Å². The molecule has 3 rings (SSSR count). The first-order chi connectivity index (χ1) is 15.1. The zero-order valence-electron chi connectivity index (χ0n) is 18.6. The molecule has 32 heavy (non-hydrogen) atoms. The van der Waals surface area contributed by atoms with Crippen molar-refractivity contribution in [1.29, 1.82) is 0 Å². The summed E-state index contributed by atoms with van der Waals surface area (Å²) < 4.78 is 40.6. The van der Waals surface area contributed by atoms with Gasteiger partial charge >= 0.3 is 0 Å². The Morgan fingerprint density at radius 2 is 1.69 bits per heavy atom. The molecule has 0 saturated heterocycles. The number of benzene rings is 2. The molecule has 0 aliphatic heterocycles. The maximum atomic E-state index is 13.0. The Morgan fingerprint density at radius 3 is 2.25 bits per heavy atom. The van der Waals surface area contributed by atoms with Crippen molar-refractivity contribution >= 4 is 27.3 Å². The van der Waals surface area contributed by atoms with E-state index in [9.17, 15) is 13.2 Å². The Kier molecular flexibility index (Phi) is 6.73. The molecule has 1 heterocycles. The molecule has 2 aromatic carbocycles. The smallest absolute Gasteiger partial charge is 0.265 e. The number of carbonyl (C=O) groups is 1. The van der Waals surface area contributed by atoms with Crippen molar-refractivity contribution in [3.05, 3.63) is 59.4 Å². The van der Waals surface area contributed by atoms with Gasteiger partial charge in [-0.15, -0.1) is 0 Å². The molecule has 0 radical (unpaired) electrons. The Balaban J connectivity index is 1.83. The lowest BCUT2D eigenvalue weighted by Crippen LogP contribution is -2.17. The van der Waals surface area contributed by atoms with Gasteiger partial charge in [-0.1, -0.05) is 0 Å². The highest BCUT2D eigenvalue weighted by atomic mass is 32.2. The Morgan fingerprint density at radius 1 is 1.03 bits per heavy atom. The molecular formula is C22H26N4O5S. The van der Waals surface area contributed by atoms with Gasteiger partial charge in [0, 0.05) is 29.7 Å². The van der Waals surface area contributed by atoms with Crippen molar-refractivity contribution < 1.29 is 22.7 Å². The van der Waals surface area contributed by atoms with Crippen LogP contribution in [0.1, 0.15) is 17.0 Å². The third-order valence-corrected chi connectivity index (χ3v) is 6.48. The maximum Gasteiger partial charge on any atom is 0.265 e. The molecule has 3 aromatic rings. The van der Waals surface area contributed by atoms with Crippen LogP contribution in [-0.2, 0) is 28.3 Å². The van der Waals surface area contributed by atoms with Gasteiger partial charge in [0.15, 0.2) is 0 Å². The van der Waals surface area contributed by atoms with Crippen molar-refractivity contribution in [3.63, 3.8) is 0 Å². The number of nitrogens with one attached hydrogen (secondary N) is 2. The number of aromatic nitrogens is 2. The summed E-state index contributed by atoms with van der Waals surface area (Å²) in [5.74, 6) is 0.484. The van der Waals surface area contributed by atoms with E-state index >= 15 is 0 Å². The van der Waals surface area contributed by atoms with Crippen LogP contribution in [-0.4, -0.2) is 38.3 Å². The number of carbonyl (C=O) groups excluding carboxylic acids is 1. The molecule has 0 fully saturated rings. The van der Waals surface area contributed by atoms with Crippen LogP contribution >= 0.6 is 0 Å². The van der Waals surface area contributed by atoms with E-state index in [0.717, 1.165) is 17.0 Å². The minimum atomic E-state index is -3.98. The van der Waals surface area contributed by atoms with Crippen molar-refractivity contribution in [3.8, 4) is 11.5 Å². The summed E-state index contributed by atoms with van der Waals surface area (Å²) in [7, 11) is 0.748. The molecule has 0 aliphatic carbocycles. The summed E-state index contributed by atoms with van der Waals surface area (Å²) in [5.41, 5.74) is 3.23. The lowest BCUT2D eigenvalue weighted by atomic mass is 10.1. The Bertz CT molecular complexity index is 1230. The van der Waals surface area contributed by atoms with E-state index in [1.807, 2.05) is 20.9 Å². The molecule has 0 bridgehead atoms. The van der Waals surface area contributed by atoms with E-state index in [0.29, 0.717) is 17.1 Å². The standard InChI is InChI=1S/C22H26N4O5S/c1-14-19(15(2)26(3)24-14)13-22(27)23-17-8-11-20(31-5)21(12-17)32(28,29)25-16-6-9-18(30-4)10-7-16/h6-12,25H,13H2,1-5H3,(H,23,27). The summed E-state index contributed by atoms with van der Waals surface area (Å²) in [4.78, 5) is 12.5. The second-order valence-corrected chi connectivity index (χ2v) is 8.85. The number of hydrogen-bond donors (Lipinski definition) is 2. The van der Waals surface area contributed by atoms with Crippen molar-refractivity contribution in [1.82, 2.24) is 9.78 Å². The van der Waals surface area contributed by atoms with Gasteiger partial charge in [0.05, 0.1) is 26.3 Å². The highest BCUT2D eigenvalue weighted by Gasteiger charge is 2.21. The zero-order valence-corrected chi connectivity index (χ0v) is 19.4. The minimum absolute atomic E-state index is 0.0950. The number of rotatable bonds is 8. The second-order valence-electron chi connectivity index (χ2n) is 7.20. The summed E-state index contributed by atoms with van der Waals surface area (Å²) in [5, 5.41) is 7.07. The number of ether oxygens (including phenoxy) is 2. The minimum Gasteiger partial charge on any atom is -0.497 e. The van der Waals surface area contributed by atoms with Gasteiger partial charge in [0.25, 0.3) is 10.0 Å². The van der Waals surface area contributed by atoms with Gasteiger partial charge in [0.2, 0.25) is 5.91 Å². The predicted molar refractivity (Wildman–Crippen MR) is 122 cm³/mol. The molecule has 9 nitrogen and oxygen atoms in total. The van der Waals surface area contributed by atoms with E-state index in [1.54, 1.807) is 35.0 Å². The molecule has 2 N–H and O–H groups in total. The summed E-state index contributed by atoms with van der Waals surface area (Å²) in [6, 6.07) is 10.9. The van der Waals surface area contributed by atoms with E-state index in [2.05, 4.69) is 15.1 Å².